The maximum atomic E-state index is 13.5. The normalized spacial score (nSPS) is 19.6. The van der Waals surface area contributed by atoms with Gasteiger partial charge in [-0.2, -0.15) is 18.7 Å². The van der Waals surface area contributed by atoms with E-state index in [-0.39, 0.29) is 34.9 Å². The summed E-state index contributed by atoms with van der Waals surface area (Å²) >= 11 is 3.41. The lowest BCUT2D eigenvalue weighted by Gasteiger charge is -2.53. The van der Waals surface area contributed by atoms with Crippen molar-refractivity contribution < 1.29 is 27.8 Å². The van der Waals surface area contributed by atoms with Crippen LogP contribution in [0.15, 0.2) is 17.1 Å². The van der Waals surface area contributed by atoms with Crippen LogP contribution in [0.1, 0.15) is 52.0 Å². The van der Waals surface area contributed by atoms with Crippen molar-refractivity contribution in [2.24, 2.45) is 5.41 Å². The molecule has 4 heterocycles. The molecule has 0 atom stereocenters. The van der Waals surface area contributed by atoms with E-state index in [1.54, 1.807) is 11.0 Å². The van der Waals surface area contributed by atoms with Gasteiger partial charge < -0.3 is 29.3 Å². The zero-order chi connectivity index (χ0) is 28.7. The molecular formula is C28H36BrF2N5O4. The predicted octanol–water partition coefficient (Wildman–Crippen LogP) is 5.60. The smallest absolute Gasteiger partial charge is 0.410 e. The van der Waals surface area contributed by atoms with Gasteiger partial charge in [0.15, 0.2) is 5.75 Å². The van der Waals surface area contributed by atoms with Crippen LogP contribution in [-0.4, -0.2) is 78.5 Å². The van der Waals surface area contributed by atoms with Gasteiger partial charge in [0.05, 0.1) is 4.47 Å². The Morgan fingerprint density at radius 1 is 1.23 bits per heavy atom. The van der Waals surface area contributed by atoms with Gasteiger partial charge in [-0.3, -0.25) is 0 Å². The van der Waals surface area contributed by atoms with Crippen molar-refractivity contribution in [1.29, 1.82) is 0 Å². The maximum absolute atomic E-state index is 13.5. The summed E-state index contributed by atoms with van der Waals surface area (Å²) in [6, 6.07) is 1.98. The SMILES string of the molecule is C=Cc1cc2c(N3CCC4(CC3)CN(C(=O)OC(C)(C)C)C4)nc(OC3CCNCC3)nc2c(OC(F)F)c1Br. The second kappa shape index (κ2) is 11.3. The monoisotopic (exact) mass is 623 g/mol. The molecule has 3 fully saturated rings. The third-order valence-corrected chi connectivity index (χ3v) is 8.50. The lowest BCUT2D eigenvalue weighted by molar-refractivity contribution is -0.0494. The van der Waals surface area contributed by atoms with Crippen LogP contribution in [-0.2, 0) is 4.74 Å². The largest absolute Gasteiger partial charge is 0.460 e. The first kappa shape index (κ1) is 28.8. The van der Waals surface area contributed by atoms with E-state index >= 15 is 0 Å². The third kappa shape index (κ3) is 6.12. The summed E-state index contributed by atoms with van der Waals surface area (Å²) in [6.07, 6.45) is 4.54. The molecule has 3 aliphatic rings. The number of halogens is 3. The fourth-order valence-corrected chi connectivity index (χ4v) is 6.18. The number of piperidine rings is 2. The summed E-state index contributed by atoms with van der Waals surface area (Å²) in [5.41, 5.74) is 0.355. The molecule has 218 valence electrons. The van der Waals surface area contributed by atoms with Crippen molar-refractivity contribution in [2.45, 2.75) is 64.8 Å². The predicted molar refractivity (Wildman–Crippen MR) is 152 cm³/mol. The van der Waals surface area contributed by atoms with Gasteiger partial charge in [-0.1, -0.05) is 12.7 Å². The molecule has 1 N–H and O–H groups in total. The molecular weight excluding hydrogens is 588 g/mol. The molecule has 3 aliphatic heterocycles. The number of likely N-dealkylation sites (tertiary alicyclic amines) is 1. The summed E-state index contributed by atoms with van der Waals surface area (Å²) in [5.74, 6) is 0.545. The zero-order valence-corrected chi connectivity index (χ0v) is 24.7. The van der Waals surface area contributed by atoms with Crippen molar-refractivity contribution in [3.8, 4) is 11.8 Å². The molecule has 1 aromatic heterocycles. The molecule has 3 saturated heterocycles. The number of carbonyl (C=O) groups is 1. The molecule has 0 bridgehead atoms. The Hall–Kier alpha value is -2.73. The van der Waals surface area contributed by atoms with Crippen LogP contribution < -0.4 is 19.7 Å². The number of anilines is 1. The van der Waals surface area contributed by atoms with E-state index < -0.39 is 12.2 Å². The van der Waals surface area contributed by atoms with Crippen molar-refractivity contribution >= 4 is 44.8 Å². The highest BCUT2D eigenvalue weighted by Gasteiger charge is 2.48. The number of hydrogen-bond acceptors (Lipinski definition) is 8. The average Bonchev–Trinajstić information content (AvgIpc) is 2.88. The van der Waals surface area contributed by atoms with E-state index in [9.17, 15) is 13.6 Å². The number of nitrogens with one attached hydrogen (secondary N) is 1. The number of benzene rings is 1. The molecule has 0 unspecified atom stereocenters. The van der Waals surface area contributed by atoms with Crippen LogP contribution in [0.2, 0.25) is 0 Å². The number of fused-ring (bicyclic) bond motifs is 1. The van der Waals surface area contributed by atoms with Gasteiger partial charge in [0.25, 0.3) is 0 Å². The number of nitrogens with zero attached hydrogens (tertiary/aromatic N) is 4. The van der Waals surface area contributed by atoms with E-state index in [1.165, 1.54) is 0 Å². The molecule has 0 aliphatic carbocycles. The molecule has 1 amide bonds. The molecule has 1 spiro atoms. The highest BCUT2D eigenvalue weighted by Crippen LogP contribution is 2.45. The van der Waals surface area contributed by atoms with Crippen molar-refractivity contribution in [3.63, 3.8) is 0 Å². The van der Waals surface area contributed by atoms with Crippen molar-refractivity contribution in [1.82, 2.24) is 20.2 Å². The van der Waals surface area contributed by atoms with E-state index in [2.05, 4.69) is 37.7 Å². The van der Waals surface area contributed by atoms with E-state index in [0.29, 0.717) is 47.4 Å². The number of ether oxygens (including phenoxy) is 3. The maximum Gasteiger partial charge on any atom is 0.410 e. The van der Waals surface area contributed by atoms with Gasteiger partial charge in [-0.25, -0.2) is 4.79 Å². The van der Waals surface area contributed by atoms with Crippen LogP contribution in [0.3, 0.4) is 0 Å². The first-order chi connectivity index (χ1) is 19.0. The number of amides is 1. The van der Waals surface area contributed by atoms with E-state index in [1.807, 2.05) is 26.8 Å². The fourth-order valence-electron chi connectivity index (χ4n) is 5.63. The topological polar surface area (TPSA) is 89.1 Å². The van der Waals surface area contributed by atoms with Gasteiger partial charge in [0.1, 0.15) is 23.0 Å². The summed E-state index contributed by atoms with van der Waals surface area (Å²) < 4.78 is 44.0. The minimum absolute atomic E-state index is 0.0317. The first-order valence-electron chi connectivity index (χ1n) is 13.7. The Balaban J connectivity index is 1.43. The molecule has 5 rings (SSSR count). The number of hydrogen-bond donors (Lipinski definition) is 1. The molecule has 12 heteroatoms. The highest BCUT2D eigenvalue weighted by molar-refractivity contribution is 9.10. The summed E-state index contributed by atoms with van der Waals surface area (Å²) in [5, 5.41) is 3.89. The van der Waals surface area contributed by atoms with Crippen molar-refractivity contribution in [3.05, 3.63) is 22.7 Å². The van der Waals surface area contributed by atoms with E-state index in [4.69, 9.17) is 19.2 Å². The molecule has 0 radical (unpaired) electrons. The number of rotatable bonds is 6. The standard InChI is InChI=1S/C28H36BrF2N5O4/c1-5-17-14-19-21(22(20(17)29)39-24(30)31)33-25(38-18-6-10-32-11-7-18)34-23(19)35-12-8-28(9-13-35)15-36(16-28)26(37)40-27(2,3)4/h5,14,18,24,32H,1,6-13,15-16H2,2-4H3. The van der Waals surface area contributed by atoms with Crippen LogP contribution in [0.5, 0.6) is 11.8 Å². The Bertz CT molecular complexity index is 1270. The summed E-state index contributed by atoms with van der Waals surface area (Å²) in [7, 11) is 0. The van der Waals surface area contributed by atoms with Gasteiger partial charge >= 0.3 is 18.7 Å². The number of alkyl halides is 2. The fraction of sp³-hybridized carbons (Fsp3) is 0.607. The quantitative estimate of drug-likeness (QED) is 0.444. The minimum Gasteiger partial charge on any atom is -0.460 e. The molecule has 0 saturated carbocycles. The lowest BCUT2D eigenvalue weighted by atomic mass is 9.72. The Kier molecular flexibility index (Phi) is 8.11. The Labute approximate surface area is 241 Å². The van der Waals surface area contributed by atoms with Gasteiger partial charge in [-0.05, 0) is 87.1 Å². The Morgan fingerprint density at radius 2 is 1.90 bits per heavy atom. The number of carbonyl (C=O) groups excluding carboxylic acids is 1. The van der Waals surface area contributed by atoms with Gasteiger partial charge in [0, 0.05) is 37.0 Å². The molecule has 40 heavy (non-hydrogen) atoms. The lowest BCUT2D eigenvalue weighted by Crippen LogP contribution is -2.62. The molecule has 1 aromatic carbocycles. The van der Waals surface area contributed by atoms with Crippen LogP contribution in [0.25, 0.3) is 17.0 Å². The summed E-state index contributed by atoms with van der Waals surface area (Å²) in [6.45, 7) is 10.7. The number of aromatic nitrogens is 2. The van der Waals surface area contributed by atoms with Crippen LogP contribution >= 0.6 is 15.9 Å². The van der Waals surface area contributed by atoms with Gasteiger partial charge in [-0.15, -0.1) is 0 Å². The van der Waals surface area contributed by atoms with Crippen LogP contribution in [0.4, 0.5) is 19.4 Å². The minimum atomic E-state index is -3.03. The second-order valence-corrected chi connectivity index (χ2v) is 12.6. The molecule has 9 nitrogen and oxygen atoms in total. The van der Waals surface area contributed by atoms with Gasteiger partial charge in [0.2, 0.25) is 0 Å². The summed E-state index contributed by atoms with van der Waals surface area (Å²) in [4.78, 5) is 25.8. The van der Waals surface area contributed by atoms with Crippen LogP contribution in [0, 0.1) is 5.41 Å². The van der Waals surface area contributed by atoms with Crippen molar-refractivity contribution in [2.75, 3.05) is 44.2 Å². The second-order valence-electron chi connectivity index (χ2n) is 11.8. The molecule has 2 aromatic rings. The third-order valence-electron chi connectivity index (χ3n) is 7.69. The first-order valence-corrected chi connectivity index (χ1v) is 14.5. The zero-order valence-electron chi connectivity index (χ0n) is 23.1. The highest BCUT2D eigenvalue weighted by atomic mass is 79.9. The average molecular weight is 625 g/mol. The van der Waals surface area contributed by atoms with E-state index in [0.717, 1.165) is 38.8 Å². The Morgan fingerprint density at radius 3 is 2.50 bits per heavy atom.